The van der Waals surface area contributed by atoms with Crippen molar-refractivity contribution in [1.29, 1.82) is 5.41 Å². The second-order valence-electron chi connectivity index (χ2n) is 4.46. The van der Waals surface area contributed by atoms with Gasteiger partial charge in [-0.15, -0.1) is 0 Å². The summed E-state index contributed by atoms with van der Waals surface area (Å²) < 4.78 is 0. The van der Waals surface area contributed by atoms with E-state index in [2.05, 4.69) is 4.99 Å². The summed E-state index contributed by atoms with van der Waals surface area (Å²) in [6.45, 7) is 0. The Kier molecular flexibility index (Phi) is 1.24. The first-order valence-corrected chi connectivity index (χ1v) is 4.95. The Labute approximate surface area is 72.6 Å². The van der Waals surface area contributed by atoms with Gasteiger partial charge in [0.2, 0.25) is 0 Å². The quantitative estimate of drug-likeness (QED) is 0.572. The first kappa shape index (κ1) is 6.81. The number of rotatable bonds is 1. The summed E-state index contributed by atoms with van der Waals surface area (Å²) in [4.78, 5) is 4.62. The van der Waals surface area contributed by atoms with E-state index in [9.17, 15) is 0 Å². The summed E-state index contributed by atoms with van der Waals surface area (Å²) in [5.74, 6) is 2.68. The van der Waals surface area contributed by atoms with Crippen LogP contribution in [-0.2, 0) is 0 Å². The van der Waals surface area contributed by atoms with Gasteiger partial charge in [0.25, 0.3) is 0 Å². The molecule has 2 saturated carbocycles. The van der Waals surface area contributed by atoms with E-state index in [0.29, 0.717) is 6.04 Å². The van der Waals surface area contributed by atoms with E-state index in [1.165, 1.54) is 25.5 Å². The average Bonchev–Trinajstić information content (AvgIpc) is 2.75. The van der Waals surface area contributed by atoms with Gasteiger partial charge in [-0.3, -0.25) is 4.99 Å². The molecule has 0 aromatic rings. The van der Waals surface area contributed by atoms with Crippen molar-refractivity contribution in [3.8, 4) is 0 Å². The highest BCUT2D eigenvalue weighted by Crippen LogP contribution is 2.53. The van der Waals surface area contributed by atoms with Crippen LogP contribution in [0.3, 0.4) is 0 Å². The maximum Gasteiger partial charge on any atom is 0.0566 e. The van der Waals surface area contributed by atoms with Gasteiger partial charge in [0.15, 0.2) is 0 Å². The molecule has 0 saturated heterocycles. The topological polar surface area (TPSA) is 36.2 Å². The van der Waals surface area contributed by atoms with Crippen molar-refractivity contribution in [3.63, 3.8) is 0 Å². The minimum atomic E-state index is 0.625. The molecule has 1 heterocycles. The lowest BCUT2D eigenvalue weighted by molar-refractivity contribution is 0.317. The lowest BCUT2D eigenvalue weighted by atomic mass is 9.84. The SMILES string of the molecule is N=CC1=N[C@@H]2C(C1)C1CC[C@H]2C1. The van der Waals surface area contributed by atoms with Gasteiger partial charge >= 0.3 is 0 Å². The van der Waals surface area contributed by atoms with E-state index >= 15 is 0 Å². The van der Waals surface area contributed by atoms with Gasteiger partial charge in [-0.2, -0.15) is 0 Å². The van der Waals surface area contributed by atoms with Crippen molar-refractivity contribution in [2.24, 2.45) is 22.7 Å². The molecular formula is C10H14N2. The highest BCUT2D eigenvalue weighted by molar-refractivity contribution is 6.30. The molecule has 2 unspecified atom stereocenters. The molecule has 2 fully saturated rings. The zero-order valence-electron chi connectivity index (χ0n) is 7.16. The Morgan fingerprint density at radius 3 is 2.92 bits per heavy atom. The average molecular weight is 162 g/mol. The van der Waals surface area contributed by atoms with E-state index in [0.717, 1.165) is 29.9 Å². The lowest BCUT2D eigenvalue weighted by Crippen LogP contribution is -2.21. The third-order valence-corrected chi connectivity index (χ3v) is 3.97. The summed E-state index contributed by atoms with van der Waals surface area (Å²) in [5.41, 5.74) is 1.06. The zero-order valence-corrected chi connectivity index (χ0v) is 7.16. The fourth-order valence-electron chi connectivity index (χ4n) is 3.45. The summed E-state index contributed by atoms with van der Waals surface area (Å²) >= 11 is 0. The number of fused-ring (bicyclic) bond motifs is 5. The molecule has 1 N–H and O–H groups in total. The lowest BCUT2D eigenvalue weighted by Gasteiger charge is -2.22. The molecule has 4 atom stereocenters. The number of hydrogen-bond acceptors (Lipinski definition) is 2. The number of hydrogen-bond donors (Lipinski definition) is 1. The van der Waals surface area contributed by atoms with Crippen LogP contribution in [0.1, 0.15) is 25.7 Å². The summed E-state index contributed by atoms with van der Waals surface area (Å²) in [6.07, 6.45) is 6.84. The monoisotopic (exact) mass is 162 g/mol. The molecule has 2 aliphatic carbocycles. The third-order valence-electron chi connectivity index (χ3n) is 3.97. The Hall–Kier alpha value is -0.660. The van der Waals surface area contributed by atoms with Crippen LogP contribution in [0.15, 0.2) is 4.99 Å². The van der Waals surface area contributed by atoms with Crippen molar-refractivity contribution in [3.05, 3.63) is 0 Å². The minimum absolute atomic E-state index is 0.625. The second-order valence-corrected chi connectivity index (χ2v) is 4.46. The molecule has 12 heavy (non-hydrogen) atoms. The first-order chi connectivity index (χ1) is 5.88. The van der Waals surface area contributed by atoms with Crippen molar-refractivity contribution < 1.29 is 0 Å². The number of nitrogens with zero attached hydrogens (tertiary/aromatic N) is 1. The highest BCUT2D eigenvalue weighted by atomic mass is 14.9. The van der Waals surface area contributed by atoms with Crippen LogP contribution in [0.4, 0.5) is 0 Å². The fraction of sp³-hybridized carbons (Fsp3) is 0.800. The van der Waals surface area contributed by atoms with Gasteiger partial charge in [-0.1, -0.05) is 0 Å². The van der Waals surface area contributed by atoms with E-state index in [-0.39, 0.29) is 0 Å². The van der Waals surface area contributed by atoms with E-state index in [1.54, 1.807) is 0 Å². The third kappa shape index (κ3) is 0.706. The normalized spacial score (nSPS) is 49.2. The summed E-state index contributed by atoms with van der Waals surface area (Å²) in [6, 6.07) is 0.625. The Morgan fingerprint density at radius 1 is 1.33 bits per heavy atom. The minimum Gasteiger partial charge on any atom is -0.307 e. The largest absolute Gasteiger partial charge is 0.307 e. The molecule has 0 spiro atoms. The molecular weight excluding hydrogens is 148 g/mol. The van der Waals surface area contributed by atoms with Crippen LogP contribution in [0.2, 0.25) is 0 Å². The molecule has 0 radical (unpaired) electrons. The summed E-state index contributed by atoms with van der Waals surface area (Å²) in [7, 11) is 0. The van der Waals surface area contributed by atoms with Crippen molar-refractivity contribution in [2.75, 3.05) is 0 Å². The smallest absolute Gasteiger partial charge is 0.0566 e. The molecule has 2 nitrogen and oxygen atoms in total. The fourth-order valence-corrected chi connectivity index (χ4v) is 3.45. The molecule has 1 aliphatic heterocycles. The number of nitrogens with one attached hydrogen (secondary N) is 1. The molecule has 0 amide bonds. The predicted octanol–water partition coefficient (Wildman–Crippen LogP) is 1.90. The molecule has 3 rings (SSSR count). The van der Waals surface area contributed by atoms with Crippen LogP contribution < -0.4 is 0 Å². The molecule has 3 aliphatic rings. The molecule has 2 bridgehead atoms. The molecule has 0 aromatic carbocycles. The van der Waals surface area contributed by atoms with Crippen LogP contribution in [0, 0.1) is 23.2 Å². The summed E-state index contributed by atoms with van der Waals surface area (Å²) in [5, 5.41) is 7.18. The van der Waals surface area contributed by atoms with Crippen LogP contribution >= 0.6 is 0 Å². The van der Waals surface area contributed by atoms with Crippen molar-refractivity contribution >= 4 is 11.9 Å². The van der Waals surface area contributed by atoms with Crippen LogP contribution in [0.25, 0.3) is 0 Å². The van der Waals surface area contributed by atoms with Gasteiger partial charge in [0, 0.05) is 6.21 Å². The Morgan fingerprint density at radius 2 is 2.17 bits per heavy atom. The highest BCUT2D eigenvalue weighted by Gasteiger charge is 2.49. The predicted molar refractivity (Wildman–Crippen MR) is 48.9 cm³/mol. The Bertz CT molecular complexity index is 257. The van der Waals surface area contributed by atoms with Crippen LogP contribution in [-0.4, -0.2) is 18.0 Å². The molecule has 2 heteroatoms. The van der Waals surface area contributed by atoms with Gasteiger partial charge < -0.3 is 5.41 Å². The molecule has 64 valence electrons. The van der Waals surface area contributed by atoms with Crippen molar-refractivity contribution in [2.45, 2.75) is 31.7 Å². The maximum absolute atomic E-state index is 7.18. The zero-order chi connectivity index (χ0) is 8.13. The van der Waals surface area contributed by atoms with Crippen molar-refractivity contribution in [1.82, 2.24) is 0 Å². The van der Waals surface area contributed by atoms with Gasteiger partial charge in [-0.05, 0) is 43.4 Å². The molecule has 0 aromatic heterocycles. The standard InChI is InChI=1S/C10H14N2/c11-5-8-4-9-6-1-2-7(3-6)10(9)12-8/h5-7,9-11H,1-4H2/t6?,7-,9?,10-/m0/s1. The van der Waals surface area contributed by atoms with E-state index in [1.807, 2.05) is 0 Å². The Balaban J connectivity index is 1.91. The number of aliphatic imine (C=N–C) groups is 1. The van der Waals surface area contributed by atoms with E-state index < -0.39 is 0 Å². The van der Waals surface area contributed by atoms with E-state index in [4.69, 9.17) is 5.41 Å². The van der Waals surface area contributed by atoms with Gasteiger partial charge in [-0.25, -0.2) is 0 Å². The van der Waals surface area contributed by atoms with Gasteiger partial charge in [0.1, 0.15) is 0 Å². The second kappa shape index (κ2) is 2.18. The van der Waals surface area contributed by atoms with Crippen LogP contribution in [0.5, 0.6) is 0 Å². The maximum atomic E-state index is 7.18. The van der Waals surface area contributed by atoms with Gasteiger partial charge in [0.05, 0.1) is 11.8 Å². The first-order valence-electron chi connectivity index (χ1n) is 4.95.